The van der Waals surface area contributed by atoms with E-state index in [-0.39, 0.29) is 22.4 Å². The highest BCUT2D eigenvalue weighted by atomic mass is 35.5. The molecule has 37 heavy (non-hydrogen) atoms. The van der Waals surface area contributed by atoms with Gasteiger partial charge in [0.1, 0.15) is 5.82 Å². The zero-order valence-corrected chi connectivity index (χ0v) is 22.2. The fourth-order valence-corrected chi connectivity index (χ4v) is 3.61. The number of anilines is 4. The van der Waals surface area contributed by atoms with Gasteiger partial charge in [0.25, 0.3) is 0 Å². The molecule has 0 aliphatic carbocycles. The smallest absolute Gasteiger partial charge is 0.248 e. The van der Waals surface area contributed by atoms with Gasteiger partial charge in [-0.3, -0.25) is 9.59 Å². The molecule has 3 N–H and O–H groups in total. The molecule has 0 bridgehead atoms. The van der Waals surface area contributed by atoms with Crippen LogP contribution in [0.1, 0.15) is 18.9 Å². The number of amides is 2. The zero-order chi connectivity index (χ0) is 26.9. The Morgan fingerprint density at radius 3 is 2.14 bits per heavy atom. The standard InChI is InChI=1S/C26H26Cl2N4O5/c1-5-23(33)31-19-13-17(27)18(28)14-20(19)32-24(34)9-8-15-7-6-10-29-26(15)30-16-11-21(35-2)25(37-4)22(12-16)36-3/h6-14H,5H2,1-4H3,(H,29,30)(H,31,33)(H,32,34)/b9-8+. The summed E-state index contributed by atoms with van der Waals surface area (Å²) >= 11 is 12.2. The predicted molar refractivity (Wildman–Crippen MR) is 147 cm³/mol. The summed E-state index contributed by atoms with van der Waals surface area (Å²) in [5.41, 5.74) is 1.93. The summed E-state index contributed by atoms with van der Waals surface area (Å²) in [5.74, 6) is 1.22. The van der Waals surface area contributed by atoms with Gasteiger partial charge in [0.15, 0.2) is 11.5 Å². The quantitative estimate of drug-likeness (QED) is 0.262. The van der Waals surface area contributed by atoms with Crippen molar-refractivity contribution in [3.05, 3.63) is 64.3 Å². The molecular formula is C26H26Cl2N4O5. The number of hydrogen-bond donors (Lipinski definition) is 3. The molecule has 0 unspecified atom stereocenters. The molecule has 0 atom stereocenters. The minimum absolute atomic E-state index is 0.234. The Bertz CT molecular complexity index is 1310. The van der Waals surface area contributed by atoms with Gasteiger partial charge in [-0.25, -0.2) is 4.98 Å². The lowest BCUT2D eigenvalue weighted by Gasteiger charge is -2.15. The number of rotatable bonds is 10. The summed E-state index contributed by atoms with van der Waals surface area (Å²) in [5, 5.41) is 9.11. The highest BCUT2D eigenvalue weighted by Gasteiger charge is 2.15. The molecule has 2 amide bonds. The van der Waals surface area contributed by atoms with E-state index in [0.717, 1.165) is 0 Å². The number of methoxy groups -OCH3 is 3. The van der Waals surface area contributed by atoms with E-state index in [4.69, 9.17) is 37.4 Å². The topological polar surface area (TPSA) is 111 Å². The number of hydrogen-bond acceptors (Lipinski definition) is 7. The molecule has 0 aliphatic rings. The van der Waals surface area contributed by atoms with Gasteiger partial charge in [0.2, 0.25) is 17.6 Å². The van der Waals surface area contributed by atoms with Crippen LogP contribution in [0.4, 0.5) is 22.9 Å². The Balaban J connectivity index is 1.83. The molecule has 9 nitrogen and oxygen atoms in total. The van der Waals surface area contributed by atoms with Crippen LogP contribution < -0.4 is 30.2 Å². The monoisotopic (exact) mass is 544 g/mol. The van der Waals surface area contributed by atoms with Gasteiger partial charge in [-0.05, 0) is 30.3 Å². The first kappa shape index (κ1) is 27.6. The largest absolute Gasteiger partial charge is 0.493 e. The van der Waals surface area contributed by atoms with E-state index in [2.05, 4.69) is 20.9 Å². The summed E-state index contributed by atoms with van der Waals surface area (Å²) in [6.45, 7) is 1.71. The summed E-state index contributed by atoms with van der Waals surface area (Å²) < 4.78 is 16.2. The summed E-state index contributed by atoms with van der Waals surface area (Å²) in [6, 6.07) is 9.98. The maximum absolute atomic E-state index is 12.7. The molecule has 0 aliphatic heterocycles. The fourth-order valence-electron chi connectivity index (χ4n) is 3.28. The van der Waals surface area contributed by atoms with E-state index in [1.165, 1.54) is 39.5 Å². The van der Waals surface area contributed by atoms with E-state index in [1.54, 1.807) is 43.5 Å². The van der Waals surface area contributed by atoms with Crippen molar-refractivity contribution < 1.29 is 23.8 Å². The maximum atomic E-state index is 12.7. The lowest BCUT2D eigenvalue weighted by molar-refractivity contribution is -0.116. The summed E-state index contributed by atoms with van der Waals surface area (Å²) in [7, 11) is 4.59. The van der Waals surface area contributed by atoms with E-state index in [9.17, 15) is 9.59 Å². The number of pyridine rings is 1. The van der Waals surface area contributed by atoms with E-state index in [1.807, 2.05) is 0 Å². The highest BCUT2D eigenvalue weighted by Crippen LogP contribution is 2.40. The summed E-state index contributed by atoms with van der Waals surface area (Å²) in [4.78, 5) is 29.0. The highest BCUT2D eigenvalue weighted by molar-refractivity contribution is 6.42. The Morgan fingerprint density at radius 1 is 0.946 bits per heavy atom. The lowest BCUT2D eigenvalue weighted by Crippen LogP contribution is -2.14. The second-order valence-corrected chi connectivity index (χ2v) is 8.33. The van der Waals surface area contributed by atoms with Gasteiger partial charge >= 0.3 is 0 Å². The Morgan fingerprint density at radius 2 is 1.57 bits per heavy atom. The molecule has 1 heterocycles. The van der Waals surface area contributed by atoms with Crippen LogP contribution in [-0.4, -0.2) is 38.1 Å². The van der Waals surface area contributed by atoms with E-state index in [0.29, 0.717) is 45.7 Å². The number of carbonyl (C=O) groups excluding carboxylic acids is 2. The van der Waals surface area contributed by atoms with E-state index >= 15 is 0 Å². The molecule has 0 spiro atoms. The van der Waals surface area contributed by atoms with Gasteiger partial charge < -0.3 is 30.2 Å². The van der Waals surface area contributed by atoms with Gasteiger partial charge in [-0.2, -0.15) is 0 Å². The molecule has 3 rings (SSSR count). The van der Waals surface area contributed by atoms with Crippen molar-refractivity contribution in [2.75, 3.05) is 37.3 Å². The summed E-state index contributed by atoms with van der Waals surface area (Å²) in [6.07, 6.45) is 4.82. The molecule has 1 aromatic heterocycles. The molecule has 0 saturated heterocycles. The Kier molecular flexibility index (Phi) is 9.59. The fraction of sp³-hybridized carbons (Fsp3) is 0.192. The number of ether oxygens (including phenoxy) is 3. The molecule has 0 radical (unpaired) electrons. The van der Waals surface area contributed by atoms with Crippen LogP contribution in [0, 0.1) is 0 Å². The number of aromatic nitrogens is 1. The molecule has 0 fully saturated rings. The SMILES string of the molecule is CCC(=O)Nc1cc(Cl)c(Cl)cc1NC(=O)/C=C/c1cccnc1Nc1cc(OC)c(OC)c(OC)c1. The first-order valence-corrected chi connectivity index (χ1v) is 11.8. The van der Waals surface area contributed by atoms with Crippen LogP contribution >= 0.6 is 23.2 Å². The van der Waals surface area contributed by atoms with Crippen LogP contribution in [0.5, 0.6) is 17.2 Å². The molecule has 3 aromatic rings. The minimum Gasteiger partial charge on any atom is -0.493 e. The van der Waals surface area contributed by atoms with Crippen molar-refractivity contribution in [2.24, 2.45) is 0 Å². The maximum Gasteiger partial charge on any atom is 0.248 e. The third-order valence-corrected chi connectivity index (χ3v) is 5.82. The van der Waals surface area contributed by atoms with Crippen LogP contribution in [0.15, 0.2) is 48.7 Å². The Labute approximate surface area is 224 Å². The molecular weight excluding hydrogens is 519 g/mol. The molecule has 2 aromatic carbocycles. The Hall–Kier alpha value is -3.95. The van der Waals surface area contributed by atoms with E-state index < -0.39 is 5.91 Å². The first-order valence-electron chi connectivity index (χ1n) is 11.1. The third kappa shape index (κ3) is 7.05. The molecule has 0 saturated carbocycles. The average molecular weight is 545 g/mol. The zero-order valence-electron chi connectivity index (χ0n) is 20.6. The number of benzene rings is 2. The van der Waals surface area contributed by atoms with Crippen LogP contribution in [0.3, 0.4) is 0 Å². The van der Waals surface area contributed by atoms with Crippen molar-refractivity contribution in [1.82, 2.24) is 4.98 Å². The number of nitrogens with zero attached hydrogens (tertiary/aromatic N) is 1. The van der Waals surface area contributed by atoms with Crippen molar-refractivity contribution in [1.29, 1.82) is 0 Å². The average Bonchev–Trinajstić information content (AvgIpc) is 2.90. The van der Waals surface area contributed by atoms with Gasteiger partial charge in [0.05, 0.1) is 42.7 Å². The molecule has 11 heteroatoms. The van der Waals surface area contributed by atoms with Crippen molar-refractivity contribution in [3.63, 3.8) is 0 Å². The predicted octanol–water partition coefficient (Wildman–Crippen LogP) is 6.16. The van der Waals surface area contributed by atoms with Crippen LogP contribution in [-0.2, 0) is 9.59 Å². The van der Waals surface area contributed by atoms with Crippen molar-refractivity contribution in [3.8, 4) is 17.2 Å². The van der Waals surface area contributed by atoms with Crippen LogP contribution in [0.2, 0.25) is 10.0 Å². The molecule has 194 valence electrons. The first-order chi connectivity index (χ1) is 17.8. The number of halogens is 2. The minimum atomic E-state index is -0.451. The number of carbonyl (C=O) groups is 2. The lowest BCUT2D eigenvalue weighted by atomic mass is 10.2. The van der Waals surface area contributed by atoms with Crippen LogP contribution in [0.25, 0.3) is 6.08 Å². The second kappa shape index (κ2) is 12.8. The van der Waals surface area contributed by atoms with Gasteiger partial charge in [0, 0.05) is 42.1 Å². The number of nitrogens with one attached hydrogen (secondary N) is 3. The second-order valence-electron chi connectivity index (χ2n) is 7.52. The van der Waals surface area contributed by atoms with Gasteiger partial charge in [-0.15, -0.1) is 0 Å². The normalized spacial score (nSPS) is 10.6. The third-order valence-electron chi connectivity index (χ3n) is 5.09. The van der Waals surface area contributed by atoms with Gasteiger partial charge in [-0.1, -0.05) is 30.1 Å². The van der Waals surface area contributed by atoms with Crippen molar-refractivity contribution in [2.45, 2.75) is 13.3 Å². The van der Waals surface area contributed by atoms with Crippen molar-refractivity contribution >= 4 is 64.0 Å².